The molecule has 1 aromatic carbocycles. The van der Waals surface area contributed by atoms with Crippen molar-refractivity contribution in [3.05, 3.63) is 35.9 Å². The number of rotatable bonds is 3. The number of oxime groups is 1. The van der Waals surface area contributed by atoms with Crippen LogP contribution in [0.15, 0.2) is 35.5 Å². The third-order valence-corrected chi connectivity index (χ3v) is 4.93. The molecular formula is C17H22N2O. The van der Waals surface area contributed by atoms with Gasteiger partial charge >= 0.3 is 0 Å². The van der Waals surface area contributed by atoms with Crippen LogP contribution < -0.4 is 0 Å². The molecule has 1 saturated carbocycles. The van der Waals surface area contributed by atoms with Crippen molar-refractivity contribution in [2.75, 3.05) is 19.6 Å². The van der Waals surface area contributed by atoms with Crippen LogP contribution in [-0.4, -0.2) is 35.8 Å². The summed E-state index contributed by atoms with van der Waals surface area (Å²) in [4.78, 5) is 8.50. The number of likely N-dealkylation sites (tertiary alicyclic amines) is 1. The van der Waals surface area contributed by atoms with Crippen molar-refractivity contribution < 1.29 is 4.84 Å². The predicted molar refractivity (Wildman–Crippen MR) is 79.8 cm³/mol. The van der Waals surface area contributed by atoms with E-state index in [-0.39, 0.29) is 5.60 Å². The van der Waals surface area contributed by atoms with Gasteiger partial charge in [0.25, 0.3) is 0 Å². The lowest BCUT2D eigenvalue weighted by atomic mass is 9.85. The molecule has 3 aliphatic rings. The predicted octanol–water partition coefficient (Wildman–Crippen LogP) is 3.06. The molecule has 4 rings (SSSR count). The van der Waals surface area contributed by atoms with Gasteiger partial charge in [-0.2, -0.15) is 0 Å². The molecule has 0 aromatic heterocycles. The van der Waals surface area contributed by atoms with Crippen LogP contribution in [0.25, 0.3) is 0 Å². The maximum atomic E-state index is 5.88. The van der Waals surface area contributed by atoms with Crippen LogP contribution in [0.4, 0.5) is 0 Å². The molecule has 0 bridgehead atoms. The molecule has 106 valence electrons. The van der Waals surface area contributed by atoms with E-state index in [1.54, 1.807) is 0 Å². The monoisotopic (exact) mass is 270 g/mol. The van der Waals surface area contributed by atoms with E-state index >= 15 is 0 Å². The highest BCUT2D eigenvalue weighted by Crippen LogP contribution is 2.37. The minimum Gasteiger partial charge on any atom is -0.388 e. The van der Waals surface area contributed by atoms with Crippen molar-refractivity contribution in [3.63, 3.8) is 0 Å². The lowest BCUT2D eigenvalue weighted by Gasteiger charge is -2.37. The van der Waals surface area contributed by atoms with Crippen LogP contribution in [0.3, 0.4) is 0 Å². The van der Waals surface area contributed by atoms with Crippen molar-refractivity contribution in [3.8, 4) is 0 Å². The first-order valence-electron chi connectivity index (χ1n) is 7.86. The first-order valence-corrected chi connectivity index (χ1v) is 7.86. The molecule has 2 aliphatic heterocycles. The highest BCUT2D eigenvalue weighted by Gasteiger charge is 2.42. The molecule has 1 spiro atoms. The number of nitrogens with zero attached hydrogens (tertiary/aromatic N) is 2. The van der Waals surface area contributed by atoms with Crippen LogP contribution in [-0.2, 0) is 4.84 Å². The van der Waals surface area contributed by atoms with Crippen LogP contribution in [0, 0.1) is 5.92 Å². The maximum Gasteiger partial charge on any atom is 0.145 e. The number of hydrogen-bond donors (Lipinski definition) is 0. The Morgan fingerprint density at radius 2 is 1.90 bits per heavy atom. The molecule has 0 unspecified atom stereocenters. The van der Waals surface area contributed by atoms with Crippen molar-refractivity contribution in [2.24, 2.45) is 11.1 Å². The standard InChI is InChI=1S/C17H22N2O/c1-2-4-15(5-3-1)16-12-17(20-18-16)8-10-19(11-9-17)13-14-6-7-14/h1-5,14H,6-13H2. The van der Waals surface area contributed by atoms with Gasteiger partial charge in [-0.15, -0.1) is 0 Å². The third-order valence-electron chi connectivity index (χ3n) is 4.93. The summed E-state index contributed by atoms with van der Waals surface area (Å²) in [6.45, 7) is 3.66. The summed E-state index contributed by atoms with van der Waals surface area (Å²) in [6.07, 6.45) is 6.12. The molecule has 3 heteroatoms. The maximum absolute atomic E-state index is 5.88. The summed E-state index contributed by atoms with van der Waals surface area (Å²) in [7, 11) is 0. The second kappa shape index (κ2) is 4.88. The molecule has 0 radical (unpaired) electrons. The molecule has 2 fully saturated rings. The summed E-state index contributed by atoms with van der Waals surface area (Å²) in [5.74, 6) is 0.990. The van der Waals surface area contributed by atoms with E-state index in [1.165, 1.54) is 38.0 Å². The zero-order valence-electron chi connectivity index (χ0n) is 11.9. The Balaban J connectivity index is 1.37. The highest BCUT2D eigenvalue weighted by atomic mass is 16.7. The molecule has 1 aromatic rings. The average Bonchev–Trinajstić information content (AvgIpc) is 3.22. The Morgan fingerprint density at radius 1 is 1.15 bits per heavy atom. The minimum atomic E-state index is -0.00870. The van der Waals surface area contributed by atoms with E-state index in [1.807, 2.05) is 6.07 Å². The topological polar surface area (TPSA) is 24.8 Å². The van der Waals surface area contributed by atoms with E-state index < -0.39 is 0 Å². The van der Waals surface area contributed by atoms with Crippen molar-refractivity contribution in [1.29, 1.82) is 0 Å². The first kappa shape index (κ1) is 12.4. The number of hydrogen-bond acceptors (Lipinski definition) is 3. The second-order valence-electron chi connectivity index (χ2n) is 6.60. The summed E-state index contributed by atoms with van der Waals surface area (Å²) in [5.41, 5.74) is 2.33. The highest BCUT2D eigenvalue weighted by molar-refractivity contribution is 6.01. The van der Waals surface area contributed by atoms with Crippen LogP contribution in [0.2, 0.25) is 0 Å². The van der Waals surface area contributed by atoms with E-state index in [0.29, 0.717) is 0 Å². The molecule has 2 heterocycles. The lowest BCUT2D eigenvalue weighted by Crippen LogP contribution is -2.45. The molecular weight excluding hydrogens is 248 g/mol. The van der Waals surface area contributed by atoms with Gasteiger partial charge in [-0.05, 0) is 24.3 Å². The summed E-state index contributed by atoms with van der Waals surface area (Å²) >= 11 is 0. The molecule has 0 N–H and O–H groups in total. The Bertz CT molecular complexity index is 499. The quantitative estimate of drug-likeness (QED) is 0.843. The molecule has 0 amide bonds. The molecule has 1 saturated heterocycles. The van der Waals surface area contributed by atoms with Gasteiger partial charge in [-0.25, -0.2) is 0 Å². The summed E-state index contributed by atoms with van der Waals surface area (Å²) in [6, 6.07) is 10.4. The molecule has 1 aliphatic carbocycles. The van der Waals surface area contributed by atoms with E-state index in [9.17, 15) is 0 Å². The van der Waals surface area contributed by atoms with Gasteiger partial charge in [0.1, 0.15) is 5.60 Å². The lowest BCUT2D eigenvalue weighted by molar-refractivity contribution is -0.0619. The smallest absolute Gasteiger partial charge is 0.145 e. The Kier molecular flexibility index (Phi) is 3.03. The van der Waals surface area contributed by atoms with Crippen molar-refractivity contribution in [1.82, 2.24) is 4.90 Å². The number of benzene rings is 1. The molecule has 0 atom stereocenters. The Morgan fingerprint density at radius 3 is 2.60 bits per heavy atom. The first-order chi connectivity index (χ1) is 9.83. The van der Waals surface area contributed by atoms with Crippen molar-refractivity contribution in [2.45, 2.75) is 37.7 Å². The zero-order valence-corrected chi connectivity index (χ0v) is 11.9. The third kappa shape index (κ3) is 2.47. The minimum absolute atomic E-state index is 0.00870. The second-order valence-corrected chi connectivity index (χ2v) is 6.60. The number of piperidine rings is 1. The van der Waals surface area contributed by atoms with E-state index in [4.69, 9.17) is 4.84 Å². The van der Waals surface area contributed by atoms with Gasteiger partial charge in [0.2, 0.25) is 0 Å². The van der Waals surface area contributed by atoms with Crippen molar-refractivity contribution >= 4 is 5.71 Å². The van der Waals surface area contributed by atoms with E-state index in [0.717, 1.165) is 30.9 Å². The van der Waals surface area contributed by atoms with Gasteiger partial charge in [0, 0.05) is 38.9 Å². The Hall–Kier alpha value is -1.35. The summed E-state index contributed by atoms with van der Waals surface area (Å²) < 4.78 is 0. The normalized spacial score (nSPS) is 25.5. The van der Waals surface area contributed by atoms with Gasteiger partial charge in [0.05, 0.1) is 5.71 Å². The van der Waals surface area contributed by atoms with Crippen LogP contribution in [0.5, 0.6) is 0 Å². The van der Waals surface area contributed by atoms with Gasteiger partial charge in [0.15, 0.2) is 0 Å². The SMILES string of the molecule is c1ccc(C2=NOC3(CCN(CC4CC4)CC3)C2)cc1. The fraction of sp³-hybridized carbons (Fsp3) is 0.588. The largest absolute Gasteiger partial charge is 0.388 e. The van der Waals surface area contributed by atoms with Crippen LogP contribution >= 0.6 is 0 Å². The van der Waals surface area contributed by atoms with Gasteiger partial charge < -0.3 is 9.74 Å². The van der Waals surface area contributed by atoms with Crippen LogP contribution in [0.1, 0.15) is 37.7 Å². The molecule has 20 heavy (non-hydrogen) atoms. The van der Waals surface area contributed by atoms with Gasteiger partial charge in [-0.3, -0.25) is 0 Å². The summed E-state index contributed by atoms with van der Waals surface area (Å²) in [5, 5.41) is 4.38. The van der Waals surface area contributed by atoms with E-state index in [2.05, 4.69) is 34.3 Å². The zero-order chi connectivity index (χ0) is 13.4. The fourth-order valence-corrected chi connectivity index (χ4v) is 3.38. The fourth-order valence-electron chi connectivity index (χ4n) is 3.38. The molecule has 3 nitrogen and oxygen atoms in total. The Labute approximate surface area is 120 Å². The van der Waals surface area contributed by atoms with Gasteiger partial charge in [-0.1, -0.05) is 35.5 Å². The average molecular weight is 270 g/mol.